The molecule has 0 bridgehead atoms. The smallest absolute Gasteiger partial charge is 0.0407 e. The van der Waals surface area contributed by atoms with Crippen LogP contribution in [0.2, 0.25) is 0 Å². The minimum Gasteiger partial charge on any atom is -0.364 e. The summed E-state index contributed by atoms with van der Waals surface area (Å²) < 4.78 is 0. The van der Waals surface area contributed by atoms with Crippen molar-refractivity contribution in [3.05, 3.63) is 29.8 Å². The number of benzene rings is 1. The Labute approximate surface area is 153 Å². The first kappa shape index (κ1) is 25.3. The monoisotopic (exact) mass is 335 g/mol. The first-order valence-corrected chi connectivity index (χ1v) is 10.5. The van der Waals surface area contributed by atoms with Gasteiger partial charge in [0.2, 0.25) is 0 Å². The molecule has 1 aromatic rings. The second-order valence-electron chi connectivity index (χ2n) is 5.70. The molecule has 0 saturated carbocycles. The van der Waals surface area contributed by atoms with Gasteiger partial charge in [-0.15, -0.1) is 0 Å². The zero-order valence-electron chi connectivity index (χ0n) is 18.6. The molecule has 142 valence electrons. The molecular weight excluding hydrogens is 290 g/mol. The topological polar surface area (TPSA) is 3.24 Å². The van der Waals surface area contributed by atoms with Gasteiger partial charge in [0.05, 0.1) is 0 Å². The van der Waals surface area contributed by atoms with Gasteiger partial charge in [-0.3, -0.25) is 0 Å². The fourth-order valence-electron chi connectivity index (χ4n) is 3.90. The molecule has 0 spiro atoms. The van der Waals surface area contributed by atoms with Crippen LogP contribution in [-0.2, 0) is 0 Å². The van der Waals surface area contributed by atoms with Crippen molar-refractivity contribution in [2.75, 3.05) is 4.90 Å². The normalized spacial score (nSPS) is 28.3. The third-order valence-corrected chi connectivity index (χ3v) is 5.11. The zero-order chi connectivity index (χ0) is 19.4. The van der Waals surface area contributed by atoms with E-state index in [-0.39, 0.29) is 0 Å². The summed E-state index contributed by atoms with van der Waals surface area (Å²) in [6.07, 6.45) is 0. The number of rotatable bonds is 0. The van der Waals surface area contributed by atoms with E-state index >= 15 is 0 Å². The second kappa shape index (κ2) is 13.3. The van der Waals surface area contributed by atoms with Gasteiger partial charge in [-0.2, -0.15) is 0 Å². The van der Waals surface area contributed by atoms with Crippen molar-refractivity contribution in [1.82, 2.24) is 0 Å². The first-order valence-electron chi connectivity index (χ1n) is 10.5. The van der Waals surface area contributed by atoms with E-state index in [0.717, 1.165) is 17.9 Å². The van der Waals surface area contributed by atoms with Gasteiger partial charge in [0, 0.05) is 23.7 Å². The summed E-state index contributed by atoms with van der Waals surface area (Å²) in [5.41, 5.74) is 3.04. The van der Waals surface area contributed by atoms with Crippen molar-refractivity contribution in [3.8, 4) is 0 Å². The maximum absolute atomic E-state index is 2.68. The molecule has 2 heterocycles. The lowest BCUT2D eigenvalue weighted by atomic mass is 9.83. The number of anilines is 1. The molecule has 1 fully saturated rings. The van der Waals surface area contributed by atoms with Crippen molar-refractivity contribution in [2.45, 2.75) is 101 Å². The van der Waals surface area contributed by atoms with Crippen LogP contribution >= 0.6 is 0 Å². The van der Waals surface area contributed by atoms with Crippen LogP contribution in [0.25, 0.3) is 0 Å². The molecule has 3 rings (SSSR count). The van der Waals surface area contributed by atoms with Gasteiger partial charge in [0.15, 0.2) is 0 Å². The molecule has 1 heteroatoms. The Morgan fingerprint density at radius 1 is 0.667 bits per heavy atom. The van der Waals surface area contributed by atoms with Crippen molar-refractivity contribution >= 4 is 5.69 Å². The highest BCUT2D eigenvalue weighted by Gasteiger charge is 2.49. The lowest BCUT2D eigenvalue weighted by molar-refractivity contribution is 0.382. The average molecular weight is 336 g/mol. The van der Waals surface area contributed by atoms with Crippen LogP contribution in [0.15, 0.2) is 24.3 Å². The molecule has 1 nitrogen and oxygen atoms in total. The zero-order valence-corrected chi connectivity index (χ0v) is 18.6. The molecule has 2 aliphatic rings. The summed E-state index contributed by atoms with van der Waals surface area (Å²) in [7, 11) is 0. The molecule has 0 aromatic heterocycles. The fraction of sp³-hybridized carbons (Fsp3) is 0.739. The van der Waals surface area contributed by atoms with E-state index < -0.39 is 0 Å². The van der Waals surface area contributed by atoms with Crippen molar-refractivity contribution in [2.24, 2.45) is 11.8 Å². The van der Waals surface area contributed by atoms with Gasteiger partial charge >= 0.3 is 0 Å². The summed E-state index contributed by atoms with van der Waals surface area (Å²) in [5, 5.41) is 0. The Kier molecular flexibility index (Phi) is 14.0. The van der Waals surface area contributed by atoms with Gasteiger partial charge in [0.25, 0.3) is 0 Å². The lowest BCUT2D eigenvalue weighted by Gasteiger charge is -2.27. The summed E-state index contributed by atoms with van der Waals surface area (Å²) in [4.78, 5) is 2.68. The highest BCUT2D eigenvalue weighted by molar-refractivity contribution is 5.63. The Bertz CT molecular complexity index is 412. The van der Waals surface area contributed by atoms with E-state index in [9.17, 15) is 0 Å². The minimum atomic E-state index is 0.686. The van der Waals surface area contributed by atoms with Crippen molar-refractivity contribution < 1.29 is 0 Å². The van der Waals surface area contributed by atoms with Crippen LogP contribution in [0.3, 0.4) is 0 Å². The average Bonchev–Trinajstić information content (AvgIpc) is 3.10. The van der Waals surface area contributed by atoms with E-state index in [1.165, 1.54) is 5.69 Å². The predicted molar refractivity (Wildman–Crippen MR) is 114 cm³/mol. The van der Waals surface area contributed by atoms with Crippen LogP contribution in [0.5, 0.6) is 0 Å². The van der Waals surface area contributed by atoms with Gasteiger partial charge in [-0.05, 0) is 30.4 Å². The van der Waals surface area contributed by atoms with E-state index in [1.54, 1.807) is 5.56 Å². The van der Waals surface area contributed by atoms with Crippen LogP contribution in [-0.4, -0.2) is 12.1 Å². The van der Waals surface area contributed by atoms with Gasteiger partial charge in [-0.25, -0.2) is 0 Å². The predicted octanol–water partition coefficient (Wildman–Crippen LogP) is 7.76. The molecule has 0 N–H and O–H groups in total. The number of hydrogen-bond acceptors (Lipinski definition) is 1. The fourth-order valence-corrected chi connectivity index (χ4v) is 3.90. The minimum absolute atomic E-state index is 0.686. The quantitative estimate of drug-likeness (QED) is 0.468. The molecule has 1 aromatic carbocycles. The molecule has 0 unspecified atom stereocenters. The van der Waals surface area contributed by atoms with Crippen molar-refractivity contribution in [1.29, 1.82) is 0 Å². The van der Waals surface area contributed by atoms with Crippen LogP contribution in [0.1, 0.15) is 94.6 Å². The van der Waals surface area contributed by atoms with Gasteiger partial charge in [-0.1, -0.05) is 94.4 Å². The second-order valence-corrected chi connectivity index (χ2v) is 5.70. The molecule has 0 radical (unpaired) electrons. The largest absolute Gasteiger partial charge is 0.364 e. The van der Waals surface area contributed by atoms with Gasteiger partial charge in [0.1, 0.15) is 0 Å². The first-order chi connectivity index (χ1) is 11.6. The summed E-state index contributed by atoms with van der Waals surface area (Å²) >= 11 is 0. The van der Waals surface area contributed by atoms with Crippen molar-refractivity contribution in [3.63, 3.8) is 0 Å². The SMILES string of the molecule is CC.CC.CC.CC.C[C@@H]1[C@H](C)[C@H](C)N2c3ccccc3[C@H](C)[C@H]12. The molecule has 5 atom stereocenters. The number of para-hydroxylation sites is 1. The Hall–Kier alpha value is -0.980. The highest BCUT2D eigenvalue weighted by Crippen LogP contribution is 2.51. The Morgan fingerprint density at radius 3 is 1.62 bits per heavy atom. The van der Waals surface area contributed by atoms with Crippen LogP contribution < -0.4 is 4.90 Å². The third kappa shape index (κ3) is 4.77. The Balaban J connectivity index is 0. The van der Waals surface area contributed by atoms with Gasteiger partial charge < -0.3 is 4.90 Å². The summed E-state index contributed by atoms with van der Waals surface area (Å²) in [5.74, 6) is 2.30. The number of fused-ring (bicyclic) bond motifs is 3. The Morgan fingerprint density at radius 2 is 1.12 bits per heavy atom. The van der Waals surface area contributed by atoms with Crippen LogP contribution in [0.4, 0.5) is 5.69 Å². The molecule has 2 aliphatic heterocycles. The molecule has 24 heavy (non-hydrogen) atoms. The molecule has 1 saturated heterocycles. The van der Waals surface area contributed by atoms with Crippen LogP contribution in [0, 0.1) is 11.8 Å². The summed E-state index contributed by atoms with van der Waals surface area (Å²) in [6.45, 7) is 25.6. The maximum Gasteiger partial charge on any atom is 0.0407 e. The number of hydrogen-bond donors (Lipinski definition) is 0. The number of nitrogens with zero attached hydrogens (tertiary/aromatic N) is 1. The van der Waals surface area contributed by atoms with E-state index in [1.807, 2.05) is 55.4 Å². The van der Waals surface area contributed by atoms with E-state index in [4.69, 9.17) is 0 Å². The summed E-state index contributed by atoms with van der Waals surface area (Å²) in [6, 6.07) is 10.4. The molecule has 0 aliphatic carbocycles. The third-order valence-electron chi connectivity index (χ3n) is 5.11. The molecular formula is C23H45N. The maximum atomic E-state index is 2.68. The standard InChI is InChI=1S/C15H21N.4C2H6/c1-9-10(2)15-11(3)13-7-5-6-8-14(13)16(15)12(9)4;4*1-2/h5-12,15H,1-4H3;4*1-2H3/t9-,10+,11-,12-,15-;;;;/m0..../s1. The lowest BCUT2D eigenvalue weighted by Crippen LogP contribution is -2.34. The molecule has 0 amide bonds. The van der Waals surface area contributed by atoms with E-state index in [0.29, 0.717) is 12.0 Å². The highest BCUT2D eigenvalue weighted by atomic mass is 15.3. The van der Waals surface area contributed by atoms with E-state index in [2.05, 4.69) is 56.9 Å².